The highest BCUT2D eigenvalue weighted by atomic mass is 16.2. The number of hydrogen-bond acceptors (Lipinski definition) is 14. The van der Waals surface area contributed by atoms with Crippen LogP contribution >= 0.6 is 0 Å². The largest absolute Gasteiger partial charge is 0.349 e. The van der Waals surface area contributed by atoms with Crippen LogP contribution in [0.4, 0.5) is 0 Å². The molecule has 0 radical (unpaired) electrons. The van der Waals surface area contributed by atoms with Crippen molar-refractivity contribution >= 4 is 68.2 Å². The van der Waals surface area contributed by atoms with Gasteiger partial charge in [0.25, 0.3) is 17.7 Å². The molecule has 3 aliphatic rings. The van der Waals surface area contributed by atoms with Gasteiger partial charge in [0.15, 0.2) is 0 Å². The average molecular weight is 1310 g/mol. The van der Waals surface area contributed by atoms with E-state index in [1.54, 1.807) is 42.6 Å². The molecule has 512 valence electrons. The lowest BCUT2D eigenvalue weighted by Gasteiger charge is -2.32. The van der Waals surface area contributed by atoms with Crippen molar-refractivity contribution in [3.8, 4) is 30.0 Å². The van der Waals surface area contributed by atoms with Gasteiger partial charge in [0, 0.05) is 56.7 Å². The van der Waals surface area contributed by atoms with Gasteiger partial charge in [-0.15, -0.1) is 0 Å². The Balaban J connectivity index is 0.000000204. The van der Waals surface area contributed by atoms with Crippen LogP contribution in [0.3, 0.4) is 0 Å². The summed E-state index contributed by atoms with van der Waals surface area (Å²) >= 11 is 0. The van der Waals surface area contributed by atoms with Crippen molar-refractivity contribution in [2.75, 3.05) is 41.3 Å². The maximum Gasteiger partial charge on any atom is 0.251 e. The predicted molar refractivity (Wildman–Crippen MR) is 371 cm³/mol. The van der Waals surface area contributed by atoms with E-state index in [-0.39, 0.29) is 71.3 Å². The molecule has 23 nitrogen and oxygen atoms in total. The summed E-state index contributed by atoms with van der Waals surface area (Å²) in [5.41, 5.74) is 5.80. The van der Waals surface area contributed by atoms with E-state index < -0.39 is 18.1 Å². The monoisotopic (exact) mass is 1310 g/mol. The Morgan fingerprint density at radius 2 is 0.948 bits per heavy atom. The van der Waals surface area contributed by atoms with Crippen molar-refractivity contribution in [3.05, 3.63) is 88.9 Å². The standard InChI is InChI=1S/C26H38N6O2.C26H34N6O2.C21H27N5O2/c2*1-17(2)14-19(16-27)28-26(34)20-8-5-6-9-22(20)29-25(33)18-11-12-24-21(15-18)23(30-31-24)10-7-13-32(3)4;1-13(2)9-16(11-22)24-21(28)17-5-3-4-6-19(17)25-20(27)14-7-8-18-15(10-14)12-23-26-18/h11-12,15,17,19-20,22H,5-10,13-14H2,1-4H3,(H,28,34)(H,29,33)(H,30,31);11-12,15,17,19-20,22H,5-6,8-9,13-14H2,1-4H3,(H,28,34)(H,29,33)(H,30,31);7-8,10,12-13,16-17,19H,3-6,9H2,1-2H3,(H,23,26)(H,24,28)(H,25,27)/t2*19-,20+,22-;16-,17+,19-/m000/s1. The number of amides is 6. The SMILES string of the molecule is CC(C)C[C@@H](C#N)NC(=O)[C@@H]1CCCC[C@@H]1NC(=O)c1ccc2[nH]ncc2c1.CC(C)C[C@@H](C#N)NC(=O)[C@@H]1CCCC[C@@H]1NC(=O)c1ccc2n[nH]c(C#CCN(C)C)c2c1.CC(C)C[C@@H](C#N)NC(=O)[C@@H]1CCCC[C@@H]1NC(=O)c1ccc2n[nH]c(CCCN(C)C)c2c1. The fourth-order valence-corrected chi connectivity index (χ4v) is 12.9. The second-order valence-electron chi connectivity index (χ2n) is 27.8. The van der Waals surface area contributed by atoms with Crippen molar-refractivity contribution in [2.45, 2.75) is 187 Å². The van der Waals surface area contributed by atoms with Crippen LogP contribution in [-0.4, -0.2) is 153 Å². The van der Waals surface area contributed by atoms with Gasteiger partial charge < -0.3 is 36.8 Å². The normalized spacial score (nSPS) is 19.4. The Bertz CT molecular complexity index is 3790. The second kappa shape index (κ2) is 36.7. The number of aromatic amines is 3. The number of hydrogen-bond donors (Lipinski definition) is 9. The predicted octanol–water partition coefficient (Wildman–Crippen LogP) is 9.13. The zero-order valence-electron chi connectivity index (χ0n) is 57.7. The molecule has 6 aromatic rings. The van der Waals surface area contributed by atoms with Gasteiger partial charge >= 0.3 is 0 Å². The Morgan fingerprint density at radius 1 is 0.531 bits per heavy atom. The van der Waals surface area contributed by atoms with Gasteiger partial charge in [-0.3, -0.25) is 49.0 Å². The third kappa shape index (κ3) is 21.9. The first-order chi connectivity index (χ1) is 46.0. The number of aryl methyl sites for hydroxylation is 1. The Hall–Kier alpha value is -9.16. The molecule has 3 heterocycles. The van der Waals surface area contributed by atoms with E-state index in [0.29, 0.717) is 78.8 Å². The molecular weight excluding hydrogens is 1210 g/mol. The molecule has 96 heavy (non-hydrogen) atoms. The van der Waals surface area contributed by atoms with Crippen molar-refractivity contribution in [1.29, 1.82) is 15.8 Å². The van der Waals surface area contributed by atoms with Crippen LogP contribution in [0.15, 0.2) is 60.8 Å². The molecular formula is C73H99N17O6. The molecule has 3 aromatic heterocycles. The van der Waals surface area contributed by atoms with E-state index >= 15 is 0 Å². The van der Waals surface area contributed by atoms with Crippen LogP contribution in [0.5, 0.6) is 0 Å². The summed E-state index contributed by atoms with van der Waals surface area (Å²) in [6.07, 6.45) is 15.5. The van der Waals surface area contributed by atoms with Gasteiger partial charge in [0.05, 0.1) is 65.3 Å². The number of H-pyrrole nitrogens is 3. The molecule has 3 aliphatic carbocycles. The molecule has 0 saturated heterocycles. The molecule has 9 N–H and O–H groups in total. The molecule has 3 aromatic carbocycles. The molecule has 0 spiro atoms. The first-order valence-corrected chi connectivity index (χ1v) is 34.2. The van der Waals surface area contributed by atoms with E-state index in [1.807, 2.05) is 78.7 Å². The molecule has 0 bridgehead atoms. The molecule has 0 aliphatic heterocycles. The van der Waals surface area contributed by atoms with Gasteiger partial charge in [0.1, 0.15) is 23.8 Å². The number of nitriles is 3. The number of fused-ring (bicyclic) bond motifs is 3. The number of nitrogens with one attached hydrogen (secondary N) is 9. The summed E-state index contributed by atoms with van der Waals surface area (Å²) in [7, 11) is 8.01. The third-order valence-corrected chi connectivity index (χ3v) is 17.9. The fourth-order valence-electron chi connectivity index (χ4n) is 12.9. The van der Waals surface area contributed by atoms with Gasteiger partial charge in [0.2, 0.25) is 17.7 Å². The van der Waals surface area contributed by atoms with Crippen molar-refractivity contribution in [3.63, 3.8) is 0 Å². The van der Waals surface area contributed by atoms with Crippen LogP contribution in [-0.2, 0) is 20.8 Å². The molecule has 23 heteroatoms. The minimum atomic E-state index is -0.513. The quantitative estimate of drug-likeness (QED) is 0.0270. The summed E-state index contributed by atoms with van der Waals surface area (Å²) < 4.78 is 0. The molecule has 3 saturated carbocycles. The number of carbonyl (C=O) groups is 6. The highest BCUT2D eigenvalue weighted by molar-refractivity contribution is 6.01. The van der Waals surface area contributed by atoms with Crippen molar-refractivity contribution in [2.24, 2.45) is 35.5 Å². The lowest BCUT2D eigenvalue weighted by molar-refractivity contribution is -0.128. The zero-order valence-corrected chi connectivity index (χ0v) is 57.7. The van der Waals surface area contributed by atoms with Crippen LogP contribution in [0.2, 0.25) is 0 Å². The molecule has 0 unspecified atom stereocenters. The minimum Gasteiger partial charge on any atom is -0.349 e. The lowest BCUT2D eigenvalue weighted by atomic mass is 9.83. The van der Waals surface area contributed by atoms with E-state index in [2.05, 4.69) is 112 Å². The van der Waals surface area contributed by atoms with Gasteiger partial charge in [-0.05, 0) is 184 Å². The summed E-state index contributed by atoms with van der Waals surface area (Å²) in [5.74, 6) is 5.14. The molecule has 3 fully saturated rings. The van der Waals surface area contributed by atoms with Crippen molar-refractivity contribution in [1.82, 2.24) is 72.3 Å². The minimum absolute atomic E-state index is 0.134. The van der Waals surface area contributed by atoms with Crippen LogP contribution in [0.25, 0.3) is 32.7 Å². The van der Waals surface area contributed by atoms with E-state index in [0.717, 1.165) is 122 Å². The van der Waals surface area contributed by atoms with E-state index in [9.17, 15) is 44.6 Å². The van der Waals surface area contributed by atoms with Crippen LogP contribution < -0.4 is 31.9 Å². The Morgan fingerprint density at radius 3 is 1.39 bits per heavy atom. The summed E-state index contributed by atoms with van der Waals surface area (Å²) in [4.78, 5) is 81.9. The number of rotatable bonds is 23. The van der Waals surface area contributed by atoms with E-state index in [1.165, 1.54) is 0 Å². The first-order valence-electron chi connectivity index (χ1n) is 34.2. The highest BCUT2D eigenvalue weighted by Crippen LogP contribution is 2.30. The number of aromatic nitrogens is 6. The summed E-state index contributed by atoms with van der Waals surface area (Å²) in [6.45, 7) is 13.8. The lowest BCUT2D eigenvalue weighted by Crippen LogP contribution is -2.50. The van der Waals surface area contributed by atoms with Crippen LogP contribution in [0, 0.1) is 81.3 Å². The molecule has 9 rings (SSSR count). The first kappa shape index (κ1) is 74.2. The van der Waals surface area contributed by atoms with Gasteiger partial charge in [-0.1, -0.05) is 86.0 Å². The van der Waals surface area contributed by atoms with E-state index in [4.69, 9.17) is 0 Å². The maximum absolute atomic E-state index is 13.2. The maximum atomic E-state index is 13.2. The van der Waals surface area contributed by atoms with Crippen molar-refractivity contribution < 1.29 is 28.8 Å². The third-order valence-electron chi connectivity index (χ3n) is 17.9. The number of carbonyl (C=O) groups excluding carboxylic acids is 6. The van der Waals surface area contributed by atoms with Crippen LogP contribution in [0.1, 0.15) is 187 Å². The summed E-state index contributed by atoms with van der Waals surface area (Å²) in [5, 5.41) is 70.2. The number of nitrogens with zero attached hydrogens (tertiary/aromatic N) is 8. The summed E-state index contributed by atoms with van der Waals surface area (Å²) in [6, 6.07) is 20.6. The smallest absolute Gasteiger partial charge is 0.251 e. The second-order valence-corrected chi connectivity index (χ2v) is 27.8. The Kier molecular flexibility index (Phi) is 28.3. The van der Waals surface area contributed by atoms with Gasteiger partial charge in [-0.25, -0.2) is 0 Å². The molecule has 6 amide bonds. The fraction of sp³-hybridized carbons (Fsp3) is 0.562. The highest BCUT2D eigenvalue weighted by Gasteiger charge is 2.36. The molecule has 9 atom stereocenters. The zero-order chi connectivity index (χ0) is 69.4. The number of benzene rings is 3. The van der Waals surface area contributed by atoms with Gasteiger partial charge in [-0.2, -0.15) is 31.1 Å². The average Bonchev–Trinajstić information content (AvgIpc) is 1.60. The topological polar surface area (TPSA) is 338 Å². The Labute approximate surface area is 565 Å².